The third-order valence-corrected chi connectivity index (χ3v) is 5.56. The highest BCUT2D eigenvalue weighted by molar-refractivity contribution is 7.92. The van der Waals surface area contributed by atoms with Crippen molar-refractivity contribution < 1.29 is 12.8 Å². The number of halogens is 2. The smallest absolute Gasteiger partial charge is 0.265 e. The highest BCUT2D eigenvalue weighted by Gasteiger charge is 2.22. The van der Waals surface area contributed by atoms with Crippen LogP contribution in [0.1, 0.15) is 17.0 Å². The molecule has 2 heterocycles. The molecule has 2 aromatic heterocycles. The van der Waals surface area contributed by atoms with Crippen LogP contribution in [0.3, 0.4) is 0 Å². The van der Waals surface area contributed by atoms with Crippen molar-refractivity contribution in [2.45, 2.75) is 25.3 Å². The fourth-order valence-corrected chi connectivity index (χ4v) is 4.10. The Hall–Kier alpha value is -2.39. The molecule has 25 heavy (non-hydrogen) atoms. The Morgan fingerprint density at radius 2 is 2.12 bits per heavy atom. The molecule has 0 saturated heterocycles. The van der Waals surface area contributed by atoms with Crippen LogP contribution < -0.4 is 4.72 Å². The molecule has 132 valence electrons. The van der Waals surface area contributed by atoms with E-state index in [0.29, 0.717) is 22.6 Å². The first kappa shape index (κ1) is 17.4. The molecule has 1 aromatic carbocycles. The maximum absolute atomic E-state index is 13.1. The van der Waals surface area contributed by atoms with E-state index in [1.54, 1.807) is 19.9 Å². The lowest BCUT2D eigenvalue weighted by molar-refractivity contribution is 0.600. The molecule has 10 heteroatoms. The third kappa shape index (κ3) is 3.67. The topological polar surface area (TPSA) is 92.7 Å². The summed E-state index contributed by atoms with van der Waals surface area (Å²) >= 11 is 5.99. The molecule has 0 spiro atoms. The van der Waals surface area contributed by atoms with Crippen LogP contribution in [0.2, 0.25) is 5.02 Å². The predicted molar refractivity (Wildman–Crippen MR) is 91.6 cm³/mol. The minimum Gasteiger partial charge on any atom is -0.281 e. The van der Waals surface area contributed by atoms with Gasteiger partial charge in [0.25, 0.3) is 10.0 Å². The Kier molecular flexibility index (Phi) is 4.53. The van der Waals surface area contributed by atoms with Gasteiger partial charge >= 0.3 is 0 Å². The molecule has 7 nitrogen and oxygen atoms in total. The van der Waals surface area contributed by atoms with E-state index >= 15 is 0 Å². The van der Waals surface area contributed by atoms with Crippen LogP contribution >= 0.6 is 11.6 Å². The summed E-state index contributed by atoms with van der Waals surface area (Å²) in [4.78, 5) is 0.113. The van der Waals surface area contributed by atoms with Gasteiger partial charge in [-0.1, -0.05) is 17.7 Å². The zero-order valence-corrected chi connectivity index (χ0v) is 15.0. The van der Waals surface area contributed by atoms with Crippen molar-refractivity contribution in [3.8, 4) is 0 Å². The number of H-pyrrole nitrogens is 1. The van der Waals surface area contributed by atoms with Crippen molar-refractivity contribution in [1.29, 1.82) is 0 Å². The van der Waals surface area contributed by atoms with Crippen molar-refractivity contribution in [3.05, 3.63) is 58.4 Å². The van der Waals surface area contributed by atoms with Crippen LogP contribution in [0.25, 0.3) is 0 Å². The number of aromatic amines is 1. The summed E-state index contributed by atoms with van der Waals surface area (Å²) in [5.41, 5.74) is 1.81. The lowest BCUT2D eigenvalue weighted by atomic mass is 10.2. The van der Waals surface area contributed by atoms with Crippen molar-refractivity contribution >= 4 is 27.3 Å². The number of sulfonamides is 1. The molecule has 0 fully saturated rings. The molecule has 0 atom stereocenters. The molecule has 0 bridgehead atoms. The maximum atomic E-state index is 13.1. The number of aromatic nitrogens is 4. The van der Waals surface area contributed by atoms with Gasteiger partial charge in [0, 0.05) is 11.2 Å². The van der Waals surface area contributed by atoms with Gasteiger partial charge in [0.05, 0.1) is 29.8 Å². The van der Waals surface area contributed by atoms with E-state index in [1.807, 2.05) is 0 Å². The third-order valence-electron chi connectivity index (χ3n) is 3.56. The van der Waals surface area contributed by atoms with Gasteiger partial charge in [-0.05, 0) is 31.5 Å². The lowest BCUT2D eigenvalue weighted by Crippen LogP contribution is -2.14. The first-order valence-corrected chi connectivity index (χ1v) is 9.13. The number of benzene rings is 1. The molecule has 0 aliphatic rings. The number of anilines is 1. The van der Waals surface area contributed by atoms with E-state index in [9.17, 15) is 12.8 Å². The van der Waals surface area contributed by atoms with E-state index in [4.69, 9.17) is 11.6 Å². The number of hydrogen-bond acceptors (Lipinski definition) is 4. The van der Waals surface area contributed by atoms with Gasteiger partial charge in [-0.25, -0.2) is 12.8 Å². The zero-order valence-electron chi connectivity index (χ0n) is 13.4. The molecule has 0 saturated carbocycles. The summed E-state index contributed by atoms with van der Waals surface area (Å²) in [7, 11) is -3.78. The fraction of sp³-hybridized carbons (Fsp3) is 0.200. The number of nitrogens with one attached hydrogen (secondary N) is 2. The largest absolute Gasteiger partial charge is 0.281 e. The monoisotopic (exact) mass is 383 g/mol. The van der Waals surface area contributed by atoms with Gasteiger partial charge in [-0.15, -0.1) is 0 Å². The van der Waals surface area contributed by atoms with E-state index in [0.717, 1.165) is 0 Å². The van der Waals surface area contributed by atoms with Crippen molar-refractivity contribution in [2.75, 3.05) is 4.72 Å². The molecule has 2 N–H and O–H groups in total. The Morgan fingerprint density at radius 1 is 1.36 bits per heavy atom. The van der Waals surface area contributed by atoms with Gasteiger partial charge in [-0.2, -0.15) is 10.2 Å². The van der Waals surface area contributed by atoms with Crippen LogP contribution in [0.15, 0.2) is 35.5 Å². The quantitative estimate of drug-likeness (QED) is 0.708. The van der Waals surface area contributed by atoms with Crippen molar-refractivity contribution in [1.82, 2.24) is 20.0 Å². The van der Waals surface area contributed by atoms with Gasteiger partial charge in [0.15, 0.2) is 0 Å². The molecule has 0 aliphatic carbocycles. The summed E-state index contributed by atoms with van der Waals surface area (Å²) in [6.45, 7) is 3.52. The first-order valence-electron chi connectivity index (χ1n) is 7.27. The number of hydrogen-bond donors (Lipinski definition) is 2. The Labute approximate surface area is 148 Å². The second-order valence-corrected chi connectivity index (χ2v) is 7.56. The van der Waals surface area contributed by atoms with E-state index < -0.39 is 15.8 Å². The zero-order chi connectivity index (χ0) is 18.2. The average Bonchev–Trinajstić information content (AvgIpc) is 3.08. The van der Waals surface area contributed by atoms with E-state index in [-0.39, 0.29) is 16.5 Å². The highest BCUT2D eigenvalue weighted by atomic mass is 35.5. The van der Waals surface area contributed by atoms with Crippen LogP contribution in [-0.2, 0) is 16.6 Å². The van der Waals surface area contributed by atoms with E-state index in [1.165, 1.54) is 29.2 Å². The lowest BCUT2D eigenvalue weighted by Gasteiger charge is -2.06. The Bertz CT molecular complexity index is 1010. The Morgan fingerprint density at radius 3 is 2.76 bits per heavy atom. The second kappa shape index (κ2) is 6.49. The summed E-state index contributed by atoms with van der Waals surface area (Å²) in [5.74, 6) is -0.423. The van der Waals surface area contributed by atoms with Crippen molar-refractivity contribution in [3.63, 3.8) is 0 Å². The van der Waals surface area contributed by atoms with Gasteiger partial charge < -0.3 is 0 Å². The number of rotatable bonds is 5. The maximum Gasteiger partial charge on any atom is 0.265 e. The average molecular weight is 384 g/mol. The summed E-state index contributed by atoms with van der Waals surface area (Å²) in [6, 6.07) is 4.08. The molecule has 3 aromatic rings. The molecule has 0 amide bonds. The van der Waals surface area contributed by atoms with Crippen LogP contribution in [0, 0.1) is 19.7 Å². The predicted octanol–water partition coefficient (Wildman–Crippen LogP) is 2.86. The molecule has 0 radical (unpaired) electrons. The molecule has 3 rings (SSSR count). The van der Waals surface area contributed by atoms with Gasteiger partial charge in [0.1, 0.15) is 10.7 Å². The molecular formula is C15H15ClFN5O2S. The van der Waals surface area contributed by atoms with Crippen LogP contribution in [0.4, 0.5) is 10.1 Å². The van der Waals surface area contributed by atoms with Crippen molar-refractivity contribution in [2.24, 2.45) is 0 Å². The normalized spacial score (nSPS) is 11.7. The highest BCUT2D eigenvalue weighted by Crippen LogP contribution is 2.22. The molecule has 0 unspecified atom stereocenters. The number of nitrogens with zero attached hydrogens (tertiary/aromatic N) is 3. The minimum atomic E-state index is -3.78. The van der Waals surface area contributed by atoms with Crippen LogP contribution in [-0.4, -0.2) is 28.4 Å². The SMILES string of the molecule is Cc1n[nH]c(C)c1S(=O)(=O)Nc1cnn(Cc2ccc(F)cc2Cl)c1. The number of aryl methyl sites for hydroxylation is 2. The van der Waals surface area contributed by atoms with Gasteiger partial charge in [-0.3, -0.25) is 14.5 Å². The van der Waals surface area contributed by atoms with Crippen LogP contribution in [0.5, 0.6) is 0 Å². The van der Waals surface area contributed by atoms with Gasteiger partial charge in [0.2, 0.25) is 0 Å². The standard InChI is InChI=1S/C15H15ClFN5O2S/c1-9-15(10(2)20-19-9)25(23,24)21-13-6-18-22(8-13)7-11-3-4-12(17)5-14(11)16/h3-6,8,21H,7H2,1-2H3,(H,19,20). The Balaban J connectivity index is 1.80. The minimum absolute atomic E-state index is 0.113. The summed E-state index contributed by atoms with van der Waals surface area (Å²) in [5, 5.41) is 10.9. The summed E-state index contributed by atoms with van der Waals surface area (Å²) < 4.78 is 42.0. The second-order valence-electron chi connectivity index (χ2n) is 5.53. The van der Waals surface area contributed by atoms with E-state index in [2.05, 4.69) is 20.0 Å². The summed E-state index contributed by atoms with van der Waals surface area (Å²) in [6.07, 6.45) is 2.92. The molecule has 0 aliphatic heterocycles. The molecular weight excluding hydrogens is 369 g/mol. The fourth-order valence-electron chi connectivity index (χ4n) is 2.47. The first-order chi connectivity index (χ1) is 11.8.